The van der Waals surface area contributed by atoms with Crippen LogP contribution in [0.25, 0.3) is 5.69 Å². The number of fused-ring (bicyclic) bond motifs is 1. The molecule has 1 aromatic heterocycles. The van der Waals surface area contributed by atoms with Gasteiger partial charge in [0.25, 0.3) is 0 Å². The molecule has 0 amide bonds. The van der Waals surface area contributed by atoms with E-state index in [1.165, 1.54) is 6.07 Å². The van der Waals surface area contributed by atoms with Gasteiger partial charge < -0.3 is 5.73 Å². The van der Waals surface area contributed by atoms with Gasteiger partial charge in [0.2, 0.25) is 0 Å². The van der Waals surface area contributed by atoms with Crippen LogP contribution in [0.1, 0.15) is 42.6 Å². The highest BCUT2D eigenvalue weighted by Crippen LogP contribution is 2.35. The maximum atomic E-state index is 14.1. The lowest BCUT2D eigenvalue weighted by Crippen LogP contribution is -2.19. The van der Waals surface area contributed by atoms with Crippen LogP contribution in [0.4, 0.5) is 8.78 Å². The third-order valence-electron chi connectivity index (χ3n) is 4.23. The van der Waals surface area contributed by atoms with Crippen molar-refractivity contribution in [2.75, 3.05) is 6.54 Å². The minimum atomic E-state index is -0.459. The van der Waals surface area contributed by atoms with Gasteiger partial charge in [-0.3, -0.25) is 0 Å². The average molecular weight is 291 g/mol. The molecule has 2 aromatic rings. The van der Waals surface area contributed by atoms with E-state index >= 15 is 0 Å². The van der Waals surface area contributed by atoms with Gasteiger partial charge in [0.05, 0.1) is 5.69 Å². The van der Waals surface area contributed by atoms with Crippen LogP contribution in [0.2, 0.25) is 0 Å². The fourth-order valence-corrected chi connectivity index (χ4v) is 3.23. The molecular weight excluding hydrogens is 272 g/mol. The molecule has 112 valence electrons. The van der Waals surface area contributed by atoms with Crippen LogP contribution in [0.5, 0.6) is 0 Å². The van der Waals surface area contributed by atoms with Crippen LogP contribution in [0, 0.1) is 11.6 Å². The first-order valence-electron chi connectivity index (χ1n) is 7.41. The van der Waals surface area contributed by atoms with Crippen LogP contribution in [-0.2, 0) is 12.8 Å². The van der Waals surface area contributed by atoms with Crippen molar-refractivity contribution in [2.45, 2.75) is 38.5 Å². The molecule has 1 aromatic carbocycles. The minimum absolute atomic E-state index is 0.184. The SMILES string of the molecule is CCc1nn(-c2cc(F)ccc2F)c2c1C(CN)CCC2. The molecule has 21 heavy (non-hydrogen) atoms. The van der Waals surface area contributed by atoms with Crippen molar-refractivity contribution in [3.63, 3.8) is 0 Å². The van der Waals surface area contributed by atoms with Crippen molar-refractivity contribution < 1.29 is 8.78 Å². The number of hydrogen-bond donors (Lipinski definition) is 1. The molecule has 0 spiro atoms. The van der Waals surface area contributed by atoms with Crippen molar-refractivity contribution in [1.82, 2.24) is 9.78 Å². The number of hydrogen-bond acceptors (Lipinski definition) is 2. The molecule has 3 rings (SSSR count). The Labute approximate surface area is 122 Å². The summed E-state index contributed by atoms with van der Waals surface area (Å²) in [6, 6.07) is 3.47. The molecule has 1 aliphatic carbocycles. The molecule has 5 heteroatoms. The van der Waals surface area contributed by atoms with Gasteiger partial charge in [-0.05, 0) is 50.3 Å². The van der Waals surface area contributed by atoms with Crippen LogP contribution in [-0.4, -0.2) is 16.3 Å². The highest BCUT2D eigenvalue weighted by Gasteiger charge is 2.28. The number of halogens is 2. The van der Waals surface area contributed by atoms with Gasteiger partial charge in [-0.1, -0.05) is 6.92 Å². The molecule has 0 saturated heterocycles. The monoisotopic (exact) mass is 291 g/mol. The number of benzene rings is 1. The second kappa shape index (κ2) is 5.56. The molecular formula is C16H19F2N3. The zero-order valence-electron chi connectivity index (χ0n) is 12.1. The minimum Gasteiger partial charge on any atom is -0.330 e. The number of aromatic nitrogens is 2. The standard InChI is InChI=1S/C16H19F2N3/c1-2-13-16-10(9-19)4-3-5-14(16)21(20-13)15-8-11(17)6-7-12(15)18/h6-8,10H,2-5,9,19H2,1H3. The molecule has 2 N–H and O–H groups in total. The van der Waals surface area contributed by atoms with Gasteiger partial charge in [-0.25, -0.2) is 13.5 Å². The normalized spacial score (nSPS) is 17.8. The van der Waals surface area contributed by atoms with Gasteiger partial charge in [0, 0.05) is 17.3 Å². The summed E-state index contributed by atoms with van der Waals surface area (Å²) < 4.78 is 29.1. The maximum Gasteiger partial charge on any atom is 0.149 e. The van der Waals surface area contributed by atoms with Gasteiger partial charge in [0.15, 0.2) is 0 Å². The van der Waals surface area contributed by atoms with Crippen LogP contribution in [0.3, 0.4) is 0 Å². The zero-order chi connectivity index (χ0) is 15.0. The third-order valence-corrected chi connectivity index (χ3v) is 4.23. The summed E-state index contributed by atoms with van der Waals surface area (Å²) in [5, 5.41) is 4.54. The molecule has 0 fully saturated rings. The van der Waals surface area contributed by atoms with Gasteiger partial charge >= 0.3 is 0 Å². The molecule has 1 heterocycles. The number of rotatable bonds is 3. The number of nitrogens with zero attached hydrogens (tertiary/aromatic N) is 2. The van der Waals surface area contributed by atoms with Crippen LogP contribution < -0.4 is 5.73 Å². The molecule has 0 bridgehead atoms. The lowest BCUT2D eigenvalue weighted by Gasteiger charge is -2.22. The fourth-order valence-electron chi connectivity index (χ4n) is 3.23. The Balaban J connectivity index is 2.20. The smallest absolute Gasteiger partial charge is 0.149 e. The van der Waals surface area contributed by atoms with E-state index in [9.17, 15) is 8.78 Å². The first-order valence-corrected chi connectivity index (χ1v) is 7.41. The van der Waals surface area contributed by atoms with Crippen LogP contribution in [0.15, 0.2) is 18.2 Å². The van der Waals surface area contributed by atoms with E-state index in [1.807, 2.05) is 6.92 Å². The van der Waals surface area contributed by atoms with Crippen molar-refractivity contribution >= 4 is 0 Å². The summed E-state index contributed by atoms with van der Waals surface area (Å²) in [5.74, 6) is -0.645. The first-order chi connectivity index (χ1) is 10.2. The highest BCUT2D eigenvalue weighted by molar-refractivity contribution is 5.42. The number of nitrogens with two attached hydrogens (primary N) is 1. The molecule has 3 nitrogen and oxygen atoms in total. The number of aryl methyl sites for hydroxylation is 1. The third kappa shape index (κ3) is 2.35. The Kier molecular flexibility index (Phi) is 3.76. The largest absolute Gasteiger partial charge is 0.330 e. The van der Waals surface area contributed by atoms with E-state index in [0.29, 0.717) is 6.54 Å². The molecule has 0 radical (unpaired) electrons. The fraction of sp³-hybridized carbons (Fsp3) is 0.438. The van der Waals surface area contributed by atoms with E-state index in [1.54, 1.807) is 4.68 Å². The Morgan fingerprint density at radius 3 is 2.90 bits per heavy atom. The Morgan fingerprint density at radius 1 is 1.38 bits per heavy atom. The summed E-state index contributed by atoms with van der Waals surface area (Å²) in [6.07, 6.45) is 3.63. The van der Waals surface area contributed by atoms with Crippen molar-refractivity contribution in [1.29, 1.82) is 0 Å². The predicted molar refractivity (Wildman–Crippen MR) is 77.6 cm³/mol. The van der Waals surface area contributed by atoms with Crippen LogP contribution >= 0.6 is 0 Å². The quantitative estimate of drug-likeness (QED) is 0.944. The van der Waals surface area contributed by atoms with Crippen molar-refractivity contribution in [3.8, 4) is 5.69 Å². The van der Waals surface area contributed by atoms with E-state index < -0.39 is 11.6 Å². The van der Waals surface area contributed by atoms with E-state index in [2.05, 4.69) is 5.10 Å². The van der Waals surface area contributed by atoms with Crippen molar-refractivity contribution in [3.05, 3.63) is 46.8 Å². The Morgan fingerprint density at radius 2 is 2.19 bits per heavy atom. The lowest BCUT2D eigenvalue weighted by atomic mass is 9.85. The lowest BCUT2D eigenvalue weighted by molar-refractivity contribution is 0.541. The Bertz CT molecular complexity index is 664. The average Bonchev–Trinajstić information content (AvgIpc) is 2.88. The van der Waals surface area contributed by atoms with Gasteiger partial charge in [-0.2, -0.15) is 5.10 Å². The molecule has 1 atom stereocenters. The summed E-state index contributed by atoms with van der Waals surface area (Å²) in [5.41, 5.74) is 9.14. The summed E-state index contributed by atoms with van der Waals surface area (Å²) in [7, 11) is 0. The Hall–Kier alpha value is -1.75. The molecule has 1 aliphatic rings. The topological polar surface area (TPSA) is 43.8 Å². The molecule has 0 aliphatic heterocycles. The molecule has 0 saturated carbocycles. The maximum absolute atomic E-state index is 14.1. The predicted octanol–water partition coefficient (Wildman–Crippen LogP) is 3.09. The van der Waals surface area contributed by atoms with Gasteiger partial charge in [-0.15, -0.1) is 0 Å². The summed E-state index contributed by atoms with van der Waals surface area (Å²) in [4.78, 5) is 0. The first kappa shape index (κ1) is 14.2. The summed E-state index contributed by atoms with van der Waals surface area (Å²) in [6.45, 7) is 2.59. The zero-order valence-corrected chi connectivity index (χ0v) is 12.1. The molecule has 1 unspecified atom stereocenters. The summed E-state index contributed by atoms with van der Waals surface area (Å²) >= 11 is 0. The van der Waals surface area contributed by atoms with E-state index in [-0.39, 0.29) is 11.6 Å². The van der Waals surface area contributed by atoms with Gasteiger partial charge in [0.1, 0.15) is 17.3 Å². The second-order valence-corrected chi connectivity index (χ2v) is 5.49. The second-order valence-electron chi connectivity index (χ2n) is 5.49. The highest BCUT2D eigenvalue weighted by atomic mass is 19.1. The van der Waals surface area contributed by atoms with Crippen molar-refractivity contribution in [2.24, 2.45) is 5.73 Å². The van der Waals surface area contributed by atoms with E-state index in [0.717, 1.165) is 54.8 Å². The van der Waals surface area contributed by atoms with E-state index in [4.69, 9.17) is 5.73 Å².